The molecule has 2 aromatic heterocycles. The van der Waals surface area contributed by atoms with Crippen molar-refractivity contribution in [3.63, 3.8) is 0 Å². The van der Waals surface area contributed by atoms with Gasteiger partial charge in [0.2, 0.25) is 0 Å². The summed E-state index contributed by atoms with van der Waals surface area (Å²) in [6, 6.07) is 14.2. The number of nitrogens with one attached hydrogen (secondary N) is 1. The number of aromatic nitrogens is 1. The van der Waals surface area contributed by atoms with Crippen LogP contribution in [0.25, 0.3) is 10.9 Å². The van der Waals surface area contributed by atoms with Crippen molar-refractivity contribution in [3.8, 4) is 5.75 Å². The quantitative estimate of drug-likeness (QED) is 0.746. The Bertz CT molecular complexity index is 692. The second-order valence-corrected chi connectivity index (χ2v) is 5.82. The van der Waals surface area contributed by atoms with Gasteiger partial charge in [-0.15, -0.1) is 11.3 Å². The van der Waals surface area contributed by atoms with Gasteiger partial charge in [0.05, 0.1) is 5.52 Å². The van der Waals surface area contributed by atoms with E-state index in [1.807, 2.05) is 37.5 Å². The Hall–Kier alpha value is -1.91. The second-order valence-electron chi connectivity index (χ2n) is 4.84. The lowest BCUT2D eigenvalue weighted by Crippen LogP contribution is -2.15. The molecule has 0 unspecified atom stereocenters. The molecule has 3 rings (SSSR count). The summed E-state index contributed by atoms with van der Waals surface area (Å²) >= 11 is 1.74. The lowest BCUT2D eigenvalue weighted by Gasteiger charge is -2.19. The molecule has 21 heavy (non-hydrogen) atoms. The van der Waals surface area contributed by atoms with Gasteiger partial charge in [0.25, 0.3) is 0 Å². The van der Waals surface area contributed by atoms with E-state index in [1.165, 1.54) is 4.88 Å². The van der Waals surface area contributed by atoms with Crippen molar-refractivity contribution in [1.29, 1.82) is 0 Å². The van der Waals surface area contributed by atoms with Gasteiger partial charge in [-0.1, -0.05) is 12.1 Å². The standard InChI is InChI=1S/C17H18N2OS/c1-18-11-9-16(17-8-4-12-21-17)20-15-7-2-6-14-13(15)5-3-10-19-14/h2-8,10,12,16,18H,9,11H2,1H3/t16-/m1/s1. The molecular weight excluding hydrogens is 280 g/mol. The fourth-order valence-electron chi connectivity index (χ4n) is 2.34. The zero-order chi connectivity index (χ0) is 14.5. The molecule has 1 N–H and O–H groups in total. The van der Waals surface area contributed by atoms with Crippen molar-refractivity contribution in [2.45, 2.75) is 12.5 Å². The van der Waals surface area contributed by atoms with E-state index >= 15 is 0 Å². The highest BCUT2D eigenvalue weighted by Gasteiger charge is 2.15. The molecule has 4 heteroatoms. The molecule has 0 amide bonds. The van der Waals surface area contributed by atoms with E-state index in [0.717, 1.165) is 29.6 Å². The summed E-state index contributed by atoms with van der Waals surface area (Å²) in [5.41, 5.74) is 0.966. The van der Waals surface area contributed by atoms with Crippen molar-refractivity contribution < 1.29 is 4.74 Å². The Morgan fingerprint density at radius 2 is 2.14 bits per heavy atom. The molecule has 0 saturated carbocycles. The molecule has 0 radical (unpaired) electrons. The SMILES string of the molecule is CNCC[C@@H](Oc1cccc2ncccc12)c1cccs1. The summed E-state index contributed by atoms with van der Waals surface area (Å²) in [5.74, 6) is 0.898. The predicted molar refractivity (Wildman–Crippen MR) is 88.0 cm³/mol. The average Bonchev–Trinajstić information content (AvgIpc) is 3.06. The number of ether oxygens (including phenoxy) is 1. The van der Waals surface area contributed by atoms with Crippen LogP contribution >= 0.6 is 11.3 Å². The van der Waals surface area contributed by atoms with Crippen molar-refractivity contribution >= 4 is 22.2 Å². The Labute approximate surface area is 128 Å². The fourth-order valence-corrected chi connectivity index (χ4v) is 3.13. The summed E-state index contributed by atoms with van der Waals surface area (Å²) in [6.07, 6.45) is 2.82. The third-order valence-corrected chi connectivity index (χ3v) is 4.36. The molecule has 0 aliphatic carbocycles. The van der Waals surface area contributed by atoms with E-state index in [2.05, 4.69) is 33.9 Å². The van der Waals surface area contributed by atoms with Crippen LogP contribution in [0.1, 0.15) is 17.4 Å². The van der Waals surface area contributed by atoms with Crippen LogP contribution in [0.4, 0.5) is 0 Å². The minimum absolute atomic E-state index is 0.0725. The maximum atomic E-state index is 6.30. The molecule has 0 fully saturated rings. The minimum atomic E-state index is 0.0725. The van der Waals surface area contributed by atoms with E-state index in [4.69, 9.17) is 4.74 Å². The molecule has 1 aromatic carbocycles. The average molecular weight is 298 g/mol. The first-order valence-electron chi connectivity index (χ1n) is 7.07. The van der Waals surface area contributed by atoms with Crippen molar-refractivity contribution in [2.75, 3.05) is 13.6 Å². The van der Waals surface area contributed by atoms with Crippen LogP contribution in [-0.4, -0.2) is 18.6 Å². The van der Waals surface area contributed by atoms with E-state index < -0.39 is 0 Å². The maximum absolute atomic E-state index is 6.30. The second kappa shape index (κ2) is 6.70. The molecule has 3 nitrogen and oxygen atoms in total. The summed E-state index contributed by atoms with van der Waals surface area (Å²) in [7, 11) is 1.97. The number of hydrogen-bond donors (Lipinski definition) is 1. The number of hydrogen-bond acceptors (Lipinski definition) is 4. The number of thiophene rings is 1. The number of benzene rings is 1. The molecule has 0 bridgehead atoms. The summed E-state index contributed by atoms with van der Waals surface area (Å²) in [5, 5.41) is 6.35. The van der Waals surface area contributed by atoms with Crippen molar-refractivity contribution in [2.24, 2.45) is 0 Å². The van der Waals surface area contributed by atoms with E-state index in [1.54, 1.807) is 11.3 Å². The van der Waals surface area contributed by atoms with Crippen LogP contribution < -0.4 is 10.1 Å². The molecule has 0 aliphatic rings. The predicted octanol–water partition coefficient (Wildman–Crippen LogP) is 4.03. The van der Waals surface area contributed by atoms with Crippen LogP contribution in [0.5, 0.6) is 5.75 Å². The third kappa shape index (κ3) is 3.23. The van der Waals surface area contributed by atoms with E-state index in [0.29, 0.717) is 0 Å². The largest absolute Gasteiger partial charge is 0.484 e. The summed E-state index contributed by atoms with van der Waals surface area (Å²) in [6.45, 7) is 0.922. The van der Waals surface area contributed by atoms with E-state index in [9.17, 15) is 0 Å². The normalized spacial score (nSPS) is 12.4. The Morgan fingerprint density at radius 1 is 1.19 bits per heavy atom. The van der Waals surface area contributed by atoms with Gasteiger partial charge in [0, 0.05) is 22.9 Å². The van der Waals surface area contributed by atoms with Gasteiger partial charge >= 0.3 is 0 Å². The Morgan fingerprint density at radius 3 is 2.95 bits per heavy atom. The van der Waals surface area contributed by atoms with Crippen LogP contribution in [0.2, 0.25) is 0 Å². The molecule has 0 aliphatic heterocycles. The number of fused-ring (bicyclic) bond motifs is 1. The lowest BCUT2D eigenvalue weighted by atomic mass is 10.1. The number of pyridine rings is 1. The monoisotopic (exact) mass is 298 g/mol. The first-order valence-corrected chi connectivity index (χ1v) is 7.95. The topological polar surface area (TPSA) is 34.1 Å². The van der Waals surface area contributed by atoms with E-state index in [-0.39, 0.29) is 6.10 Å². The van der Waals surface area contributed by atoms with Gasteiger partial charge in [-0.05, 0) is 49.3 Å². The first-order chi connectivity index (χ1) is 10.4. The third-order valence-electron chi connectivity index (χ3n) is 3.39. The maximum Gasteiger partial charge on any atom is 0.134 e. The van der Waals surface area contributed by atoms with Crippen molar-refractivity contribution in [1.82, 2.24) is 10.3 Å². The van der Waals surface area contributed by atoms with Gasteiger partial charge in [0.15, 0.2) is 0 Å². The number of rotatable bonds is 6. The highest BCUT2D eigenvalue weighted by Crippen LogP contribution is 2.31. The number of nitrogens with zero attached hydrogens (tertiary/aromatic N) is 1. The first kappa shape index (κ1) is 14.0. The van der Waals surface area contributed by atoms with Gasteiger partial charge in [-0.25, -0.2) is 0 Å². The van der Waals surface area contributed by atoms with Gasteiger partial charge in [0.1, 0.15) is 11.9 Å². The van der Waals surface area contributed by atoms with Gasteiger partial charge in [-0.3, -0.25) is 4.98 Å². The Balaban J connectivity index is 1.90. The summed E-state index contributed by atoms with van der Waals surface area (Å²) < 4.78 is 6.30. The molecular formula is C17H18N2OS. The molecule has 2 heterocycles. The molecule has 108 valence electrons. The van der Waals surface area contributed by atoms with Crippen LogP contribution in [0.3, 0.4) is 0 Å². The molecule has 0 saturated heterocycles. The van der Waals surface area contributed by atoms with Crippen LogP contribution in [0, 0.1) is 0 Å². The zero-order valence-electron chi connectivity index (χ0n) is 12.0. The lowest BCUT2D eigenvalue weighted by molar-refractivity contribution is 0.201. The zero-order valence-corrected chi connectivity index (χ0v) is 12.8. The highest BCUT2D eigenvalue weighted by molar-refractivity contribution is 7.10. The molecule has 1 atom stereocenters. The van der Waals surface area contributed by atoms with Gasteiger partial charge in [-0.2, -0.15) is 0 Å². The Kier molecular flexibility index (Phi) is 4.48. The van der Waals surface area contributed by atoms with Crippen molar-refractivity contribution in [3.05, 3.63) is 58.9 Å². The minimum Gasteiger partial charge on any atom is -0.484 e. The molecule has 0 spiro atoms. The van der Waals surface area contributed by atoms with Crippen LogP contribution in [0.15, 0.2) is 54.0 Å². The van der Waals surface area contributed by atoms with Crippen LogP contribution in [-0.2, 0) is 0 Å². The van der Waals surface area contributed by atoms with Gasteiger partial charge < -0.3 is 10.1 Å². The summed E-state index contributed by atoms with van der Waals surface area (Å²) in [4.78, 5) is 5.64. The smallest absolute Gasteiger partial charge is 0.134 e. The highest BCUT2D eigenvalue weighted by atomic mass is 32.1. The fraction of sp³-hybridized carbons (Fsp3) is 0.235. The molecule has 3 aromatic rings.